The molecule has 2 N–H and O–H groups in total. The van der Waals surface area contributed by atoms with E-state index in [1.54, 1.807) is 0 Å². The molecular formula is C17H25F2N3O. The van der Waals surface area contributed by atoms with Crippen LogP contribution < -0.4 is 10.6 Å². The highest BCUT2D eigenvalue weighted by atomic mass is 19.1. The molecule has 2 rings (SSSR count). The highest BCUT2D eigenvalue weighted by Crippen LogP contribution is 2.21. The Labute approximate surface area is 136 Å². The predicted molar refractivity (Wildman–Crippen MR) is 85.9 cm³/mol. The van der Waals surface area contributed by atoms with Gasteiger partial charge in [-0.1, -0.05) is 6.07 Å². The van der Waals surface area contributed by atoms with E-state index in [0.717, 1.165) is 12.6 Å². The Kier molecular flexibility index (Phi) is 6.07. The number of nitrogens with one attached hydrogen (secondary N) is 2. The first-order chi connectivity index (χ1) is 10.9. The van der Waals surface area contributed by atoms with Crippen molar-refractivity contribution >= 4 is 5.91 Å². The molecule has 0 saturated carbocycles. The molecule has 0 radical (unpaired) electrons. The molecular weight excluding hydrogens is 300 g/mol. The molecule has 1 aromatic rings. The number of nitrogens with zero attached hydrogens (tertiary/aromatic N) is 1. The van der Waals surface area contributed by atoms with Gasteiger partial charge in [0.2, 0.25) is 5.91 Å². The number of hydrogen-bond acceptors (Lipinski definition) is 3. The fourth-order valence-corrected chi connectivity index (χ4v) is 3.05. The third kappa shape index (κ3) is 4.48. The molecule has 1 amide bonds. The summed E-state index contributed by atoms with van der Waals surface area (Å²) in [7, 11) is 0. The number of hydrogen-bond donors (Lipinski definition) is 2. The number of halogens is 2. The highest BCUT2D eigenvalue weighted by molar-refractivity contribution is 5.82. The molecule has 0 aliphatic carbocycles. The summed E-state index contributed by atoms with van der Waals surface area (Å²) in [6.07, 6.45) is 0.687. The van der Waals surface area contributed by atoms with Crippen LogP contribution in [-0.4, -0.2) is 42.0 Å². The van der Waals surface area contributed by atoms with Gasteiger partial charge in [0, 0.05) is 43.3 Å². The first-order valence-corrected chi connectivity index (χ1v) is 8.13. The summed E-state index contributed by atoms with van der Waals surface area (Å²) in [6, 6.07) is 3.81. The zero-order chi connectivity index (χ0) is 17.0. The van der Waals surface area contributed by atoms with Crippen molar-refractivity contribution in [3.8, 4) is 0 Å². The normalized spacial score (nSPS) is 21.8. The van der Waals surface area contributed by atoms with Gasteiger partial charge in [0.25, 0.3) is 0 Å². The number of amides is 1. The third-order valence-corrected chi connectivity index (χ3v) is 4.25. The van der Waals surface area contributed by atoms with E-state index in [9.17, 15) is 13.6 Å². The maximum absolute atomic E-state index is 13.7. The van der Waals surface area contributed by atoms with E-state index in [4.69, 9.17) is 0 Å². The average molecular weight is 325 g/mol. The molecule has 0 bridgehead atoms. The molecule has 6 heteroatoms. The maximum atomic E-state index is 13.7. The lowest BCUT2D eigenvalue weighted by molar-refractivity contribution is -0.125. The van der Waals surface area contributed by atoms with Crippen LogP contribution in [0.25, 0.3) is 0 Å². The number of benzene rings is 1. The molecule has 4 nitrogen and oxygen atoms in total. The number of rotatable bonds is 6. The molecule has 128 valence electrons. The second-order valence-corrected chi connectivity index (χ2v) is 6.25. The van der Waals surface area contributed by atoms with Crippen molar-refractivity contribution in [1.29, 1.82) is 0 Å². The standard InChI is InChI=1S/C17H25F2N3O/c1-4-20-17(23)16-8-14(10-22(16)11(2)3)21-9-12-5-6-13(18)7-15(12)19/h5-7,11,14,16,21H,4,8-10H2,1-3H3,(H,20,23)/t14-,16-/m0/s1. The van der Waals surface area contributed by atoms with E-state index in [1.165, 1.54) is 12.1 Å². The Morgan fingerprint density at radius 1 is 1.39 bits per heavy atom. The van der Waals surface area contributed by atoms with Crippen molar-refractivity contribution in [3.05, 3.63) is 35.4 Å². The molecule has 2 atom stereocenters. The van der Waals surface area contributed by atoms with Gasteiger partial charge in [-0.3, -0.25) is 9.69 Å². The number of carbonyl (C=O) groups is 1. The SMILES string of the molecule is CCNC(=O)[C@@H]1C[C@H](NCc2ccc(F)cc2F)CN1C(C)C. The van der Waals surface area contributed by atoms with E-state index in [1.807, 2.05) is 6.92 Å². The minimum absolute atomic E-state index is 0.0402. The lowest BCUT2D eigenvalue weighted by Gasteiger charge is -2.27. The van der Waals surface area contributed by atoms with Crippen molar-refractivity contribution in [1.82, 2.24) is 15.5 Å². The first kappa shape index (κ1) is 17.8. The van der Waals surface area contributed by atoms with Crippen LogP contribution in [0.1, 0.15) is 32.8 Å². The van der Waals surface area contributed by atoms with E-state index in [-0.39, 0.29) is 24.0 Å². The highest BCUT2D eigenvalue weighted by Gasteiger charge is 2.37. The summed E-state index contributed by atoms with van der Waals surface area (Å²) >= 11 is 0. The molecule has 1 heterocycles. The van der Waals surface area contributed by atoms with E-state index in [0.29, 0.717) is 25.1 Å². The van der Waals surface area contributed by atoms with Crippen LogP contribution in [0.5, 0.6) is 0 Å². The molecule has 0 aromatic heterocycles. The quantitative estimate of drug-likeness (QED) is 0.841. The van der Waals surface area contributed by atoms with Gasteiger partial charge < -0.3 is 10.6 Å². The second kappa shape index (κ2) is 7.84. The van der Waals surface area contributed by atoms with Crippen LogP contribution in [0.3, 0.4) is 0 Å². The maximum Gasteiger partial charge on any atom is 0.237 e. The summed E-state index contributed by atoms with van der Waals surface area (Å²) in [5, 5.41) is 6.16. The second-order valence-electron chi connectivity index (χ2n) is 6.25. The van der Waals surface area contributed by atoms with Gasteiger partial charge in [-0.25, -0.2) is 8.78 Å². The minimum atomic E-state index is -0.575. The van der Waals surface area contributed by atoms with Gasteiger partial charge in [0.05, 0.1) is 6.04 Å². The Bertz CT molecular complexity index is 551. The van der Waals surface area contributed by atoms with Crippen LogP contribution in [0.2, 0.25) is 0 Å². The van der Waals surface area contributed by atoms with Gasteiger partial charge in [-0.2, -0.15) is 0 Å². The van der Waals surface area contributed by atoms with E-state index < -0.39 is 11.6 Å². The topological polar surface area (TPSA) is 44.4 Å². The molecule has 1 aliphatic rings. The molecule has 23 heavy (non-hydrogen) atoms. The van der Waals surface area contributed by atoms with Crippen LogP contribution in [-0.2, 0) is 11.3 Å². The zero-order valence-electron chi connectivity index (χ0n) is 13.9. The van der Waals surface area contributed by atoms with Gasteiger partial charge in [-0.15, -0.1) is 0 Å². The molecule has 0 unspecified atom stereocenters. The number of likely N-dealkylation sites (tertiary alicyclic amines) is 1. The predicted octanol–water partition coefficient (Wildman–Crippen LogP) is 2.04. The Balaban J connectivity index is 1.97. The summed E-state index contributed by atoms with van der Waals surface area (Å²) in [5.74, 6) is -1.08. The van der Waals surface area contributed by atoms with Crippen LogP contribution >= 0.6 is 0 Å². The molecule has 1 fully saturated rings. The smallest absolute Gasteiger partial charge is 0.237 e. The minimum Gasteiger partial charge on any atom is -0.355 e. The first-order valence-electron chi connectivity index (χ1n) is 8.13. The fourth-order valence-electron chi connectivity index (χ4n) is 3.05. The zero-order valence-corrected chi connectivity index (χ0v) is 13.9. The number of likely N-dealkylation sites (N-methyl/N-ethyl adjacent to an activating group) is 1. The van der Waals surface area contributed by atoms with Crippen molar-refractivity contribution in [2.24, 2.45) is 0 Å². The third-order valence-electron chi connectivity index (χ3n) is 4.25. The average Bonchev–Trinajstić information content (AvgIpc) is 2.91. The van der Waals surface area contributed by atoms with Crippen molar-refractivity contribution in [2.45, 2.75) is 51.9 Å². The van der Waals surface area contributed by atoms with Gasteiger partial charge in [-0.05, 0) is 33.3 Å². The van der Waals surface area contributed by atoms with Crippen LogP contribution in [0.15, 0.2) is 18.2 Å². The van der Waals surface area contributed by atoms with Crippen molar-refractivity contribution < 1.29 is 13.6 Å². The van der Waals surface area contributed by atoms with Crippen molar-refractivity contribution in [3.63, 3.8) is 0 Å². The summed E-state index contributed by atoms with van der Waals surface area (Å²) < 4.78 is 26.6. The van der Waals surface area contributed by atoms with Crippen LogP contribution in [0, 0.1) is 11.6 Å². The Morgan fingerprint density at radius 2 is 2.13 bits per heavy atom. The lowest BCUT2D eigenvalue weighted by Crippen LogP contribution is -2.46. The molecule has 1 saturated heterocycles. The summed E-state index contributed by atoms with van der Waals surface area (Å²) in [4.78, 5) is 14.3. The van der Waals surface area contributed by atoms with Crippen molar-refractivity contribution in [2.75, 3.05) is 13.1 Å². The monoisotopic (exact) mass is 325 g/mol. The van der Waals surface area contributed by atoms with Gasteiger partial charge >= 0.3 is 0 Å². The lowest BCUT2D eigenvalue weighted by atomic mass is 10.1. The van der Waals surface area contributed by atoms with Gasteiger partial charge in [0.15, 0.2) is 0 Å². The Hall–Kier alpha value is -1.53. The summed E-state index contributed by atoms with van der Waals surface area (Å²) in [5.41, 5.74) is 0.434. The largest absolute Gasteiger partial charge is 0.355 e. The Morgan fingerprint density at radius 3 is 2.74 bits per heavy atom. The molecule has 1 aliphatic heterocycles. The molecule has 0 spiro atoms. The van der Waals surface area contributed by atoms with Gasteiger partial charge in [0.1, 0.15) is 11.6 Å². The summed E-state index contributed by atoms with van der Waals surface area (Å²) in [6.45, 7) is 7.70. The molecule has 1 aromatic carbocycles. The fraction of sp³-hybridized carbons (Fsp3) is 0.588. The van der Waals surface area contributed by atoms with E-state index >= 15 is 0 Å². The number of carbonyl (C=O) groups excluding carboxylic acids is 1. The van der Waals surface area contributed by atoms with Crippen LogP contribution in [0.4, 0.5) is 8.78 Å². The van der Waals surface area contributed by atoms with E-state index in [2.05, 4.69) is 29.4 Å².